The molecule has 1 aliphatic carbocycles. The Morgan fingerprint density at radius 3 is 2.81 bits per heavy atom. The Hall–Kier alpha value is -1.82. The summed E-state index contributed by atoms with van der Waals surface area (Å²) < 4.78 is 0. The summed E-state index contributed by atoms with van der Waals surface area (Å²) in [6, 6.07) is 3.52. The number of carbonyl (C=O) groups excluding carboxylic acids is 2. The second kappa shape index (κ2) is 7.26. The molecule has 2 amide bonds. The number of carbonyl (C=O) groups is 2. The van der Waals surface area contributed by atoms with Gasteiger partial charge < -0.3 is 16.0 Å². The average molecular weight is 311 g/mol. The second-order valence-corrected chi connectivity index (χ2v) is 5.40. The SMILES string of the molecule is CNc1cc(C(=O)NCCCC(=O)NC2CC2)cc(Cl)n1. The topological polar surface area (TPSA) is 83.1 Å². The predicted molar refractivity (Wildman–Crippen MR) is 81.5 cm³/mol. The number of nitrogens with zero attached hydrogens (tertiary/aromatic N) is 1. The van der Waals surface area contributed by atoms with Crippen LogP contribution in [-0.2, 0) is 4.79 Å². The normalized spacial score (nSPS) is 13.6. The van der Waals surface area contributed by atoms with Crippen molar-refractivity contribution in [1.82, 2.24) is 15.6 Å². The van der Waals surface area contributed by atoms with Crippen molar-refractivity contribution in [2.75, 3.05) is 18.9 Å². The number of rotatable bonds is 7. The fourth-order valence-electron chi connectivity index (χ4n) is 1.84. The zero-order chi connectivity index (χ0) is 15.2. The molecular weight excluding hydrogens is 292 g/mol. The summed E-state index contributed by atoms with van der Waals surface area (Å²) in [5.74, 6) is 0.367. The third-order valence-corrected chi connectivity index (χ3v) is 3.31. The van der Waals surface area contributed by atoms with Crippen LogP contribution >= 0.6 is 11.6 Å². The molecule has 1 aromatic rings. The van der Waals surface area contributed by atoms with E-state index in [-0.39, 0.29) is 17.0 Å². The summed E-state index contributed by atoms with van der Waals surface area (Å²) in [4.78, 5) is 27.5. The first kappa shape index (κ1) is 15.6. The first-order chi connectivity index (χ1) is 10.1. The molecule has 1 aliphatic rings. The third kappa shape index (κ3) is 5.23. The standard InChI is InChI=1S/C14H19ClN4O2/c1-16-12-8-9(7-11(15)19-12)14(21)17-6-2-3-13(20)18-10-4-5-10/h7-8,10H,2-6H2,1H3,(H,16,19)(H,17,21)(H,18,20). The van der Waals surface area contributed by atoms with Gasteiger partial charge in [0, 0.05) is 31.6 Å². The van der Waals surface area contributed by atoms with Gasteiger partial charge in [0.05, 0.1) is 0 Å². The molecule has 2 rings (SSSR count). The molecule has 0 radical (unpaired) electrons. The minimum Gasteiger partial charge on any atom is -0.373 e. The van der Waals surface area contributed by atoms with E-state index in [0.29, 0.717) is 36.8 Å². The molecule has 7 heteroatoms. The summed E-state index contributed by atoms with van der Waals surface area (Å²) in [5, 5.41) is 8.78. The number of anilines is 1. The van der Waals surface area contributed by atoms with Gasteiger partial charge in [-0.15, -0.1) is 0 Å². The zero-order valence-electron chi connectivity index (χ0n) is 11.9. The monoisotopic (exact) mass is 310 g/mol. The van der Waals surface area contributed by atoms with E-state index in [1.807, 2.05) is 0 Å². The van der Waals surface area contributed by atoms with Crippen LogP contribution in [-0.4, -0.2) is 36.4 Å². The van der Waals surface area contributed by atoms with Gasteiger partial charge in [-0.1, -0.05) is 11.6 Å². The fourth-order valence-corrected chi connectivity index (χ4v) is 2.05. The predicted octanol–water partition coefficient (Wildman–Crippen LogP) is 1.57. The Morgan fingerprint density at radius 2 is 2.14 bits per heavy atom. The maximum Gasteiger partial charge on any atom is 0.251 e. The number of halogens is 1. The van der Waals surface area contributed by atoms with Crippen molar-refractivity contribution in [1.29, 1.82) is 0 Å². The first-order valence-electron chi connectivity index (χ1n) is 7.01. The van der Waals surface area contributed by atoms with Gasteiger partial charge in [-0.2, -0.15) is 0 Å². The van der Waals surface area contributed by atoms with E-state index >= 15 is 0 Å². The number of hydrogen-bond acceptors (Lipinski definition) is 4. The van der Waals surface area contributed by atoms with E-state index in [1.54, 1.807) is 13.1 Å². The van der Waals surface area contributed by atoms with Crippen molar-refractivity contribution in [3.63, 3.8) is 0 Å². The maximum atomic E-state index is 12.0. The van der Waals surface area contributed by atoms with Crippen molar-refractivity contribution in [3.05, 3.63) is 22.8 Å². The van der Waals surface area contributed by atoms with Crippen LogP contribution < -0.4 is 16.0 Å². The molecule has 1 aromatic heterocycles. The van der Waals surface area contributed by atoms with Crippen molar-refractivity contribution >= 4 is 29.2 Å². The minimum absolute atomic E-state index is 0.0520. The molecule has 6 nitrogen and oxygen atoms in total. The molecule has 21 heavy (non-hydrogen) atoms. The molecule has 3 N–H and O–H groups in total. The molecule has 0 bridgehead atoms. The highest BCUT2D eigenvalue weighted by Gasteiger charge is 2.22. The Labute approximate surface area is 128 Å². The minimum atomic E-state index is -0.224. The second-order valence-electron chi connectivity index (χ2n) is 5.02. The van der Waals surface area contributed by atoms with Gasteiger partial charge >= 0.3 is 0 Å². The molecule has 1 saturated carbocycles. The lowest BCUT2D eigenvalue weighted by Crippen LogP contribution is -2.28. The number of nitrogens with one attached hydrogen (secondary N) is 3. The smallest absolute Gasteiger partial charge is 0.251 e. The molecule has 0 spiro atoms. The lowest BCUT2D eigenvalue weighted by atomic mass is 10.2. The quantitative estimate of drug-likeness (QED) is 0.527. The van der Waals surface area contributed by atoms with E-state index in [9.17, 15) is 9.59 Å². The van der Waals surface area contributed by atoms with Crippen LogP contribution in [0.4, 0.5) is 5.82 Å². The summed E-state index contributed by atoms with van der Waals surface area (Å²) in [6.45, 7) is 0.450. The number of amides is 2. The van der Waals surface area contributed by atoms with E-state index in [2.05, 4.69) is 20.9 Å². The van der Waals surface area contributed by atoms with Crippen LogP contribution in [0.1, 0.15) is 36.0 Å². The summed E-state index contributed by atoms with van der Waals surface area (Å²) in [6.07, 6.45) is 3.20. The van der Waals surface area contributed by atoms with Crippen LogP contribution in [0.3, 0.4) is 0 Å². The summed E-state index contributed by atoms with van der Waals surface area (Å²) in [5.41, 5.74) is 0.446. The molecule has 1 heterocycles. The zero-order valence-corrected chi connectivity index (χ0v) is 12.7. The number of aromatic nitrogens is 1. The van der Waals surface area contributed by atoms with Crippen molar-refractivity contribution < 1.29 is 9.59 Å². The molecular formula is C14H19ClN4O2. The first-order valence-corrected chi connectivity index (χ1v) is 7.39. The van der Waals surface area contributed by atoms with Crippen LogP contribution in [0.15, 0.2) is 12.1 Å². The lowest BCUT2D eigenvalue weighted by molar-refractivity contribution is -0.121. The van der Waals surface area contributed by atoms with Crippen molar-refractivity contribution in [2.45, 2.75) is 31.7 Å². The van der Waals surface area contributed by atoms with Gasteiger partial charge in [-0.05, 0) is 31.4 Å². The number of hydrogen-bond donors (Lipinski definition) is 3. The lowest BCUT2D eigenvalue weighted by Gasteiger charge is -2.07. The molecule has 114 valence electrons. The Balaban J connectivity index is 1.73. The maximum absolute atomic E-state index is 12.0. The number of pyridine rings is 1. The van der Waals surface area contributed by atoms with Crippen LogP contribution in [0, 0.1) is 0 Å². The highest BCUT2D eigenvalue weighted by atomic mass is 35.5. The highest BCUT2D eigenvalue weighted by Crippen LogP contribution is 2.18. The van der Waals surface area contributed by atoms with E-state index < -0.39 is 0 Å². The van der Waals surface area contributed by atoms with E-state index in [1.165, 1.54) is 6.07 Å². The Kier molecular flexibility index (Phi) is 5.38. The van der Waals surface area contributed by atoms with E-state index in [0.717, 1.165) is 12.8 Å². The van der Waals surface area contributed by atoms with Crippen molar-refractivity contribution in [3.8, 4) is 0 Å². The highest BCUT2D eigenvalue weighted by molar-refractivity contribution is 6.29. The van der Waals surface area contributed by atoms with Crippen LogP contribution in [0.5, 0.6) is 0 Å². The van der Waals surface area contributed by atoms with Gasteiger partial charge in [-0.25, -0.2) is 4.98 Å². The Morgan fingerprint density at radius 1 is 1.38 bits per heavy atom. The summed E-state index contributed by atoms with van der Waals surface area (Å²) >= 11 is 5.85. The molecule has 1 fully saturated rings. The molecule has 0 aliphatic heterocycles. The van der Waals surface area contributed by atoms with Gasteiger partial charge in [0.2, 0.25) is 5.91 Å². The average Bonchev–Trinajstić information content (AvgIpc) is 3.26. The summed E-state index contributed by atoms with van der Waals surface area (Å²) in [7, 11) is 1.71. The van der Waals surface area contributed by atoms with Gasteiger partial charge in [-0.3, -0.25) is 9.59 Å². The molecule has 0 unspecified atom stereocenters. The largest absolute Gasteiger partial charge is 0.373 e. The van der Waals surface area contributed by atoms with E-state index in [4.69, 9.17) is 11.6 Å². The van der Waals surface area contributed by atoms with Crippen molar-refractivity contribution in [2.24, 2.45) is 0 Å². The molecule has 0 saturated heterocycles. The van der Waals surface area contributed by atoms with Gasteiger partial charge in [0.1, 0.15) is 11.0 Å². The molecule has 0 atom stereocenters. The Bertz CT molecular complexity index is 532. The van der Waals surface area contributed by atoms with Crippen LogP contribution in [0.2, 0.25) is 5.15 Å². The van der Waals surface area contributed by atoms with Crippen LogP contribution in [0.25, 0.3) is 0 Å². The van der Waals surface area contributed by atoms with Gasteiger partial charge in [0.25, 0.3) is 5.91 Å². The third-order valence-electron chi connectivity index (χ3n) is 3.12. The molecule has 0 aromatic carbocycles. The van der Waals surface area contributed by atoms with Gasteiger partial charge in [0.15, 0.2) is 0 Å². The fraction of sp³-hybridized carbons (Fsp3) is 0.500.